The Kier molecular flexibility index (Phi) is 6.85. The molecule has 1 aromatic carbocycles. The van der Waals surface area contributed by atoms with Crippen molar-refractivity contribution in [2.24, 2.45) is 0 Å². The van der Waals surface area contributed by atoms with E-state index in [1.54, 1.807) is 0 Å². The minimum absolute atomic E-state index is 0.677. The summed E-state index contributed by atoms with van der Waals surface area (Å²) in [6, 6.07) is 9.36. The van der Waals surface area contributed by atoms with Gasteiger partial charge < -0.3 is 9.16 Å². The first kappa shape index (κ1) is 14.2. The fraction of sp³-hybridized carbons (Fsp3) is 0.429. The Balaban J connectivity index is 2.44. The van der Waals surface area contributed by atoms with E-state index in [0.717, 1.165) is 24.4 Å². The normalized spacial score (nSPS) is 10.8. The second-order valence-electron chi connectivity index (χ2n) is 3.77. The summed E-state index contributed by atoms with van der Waals surface area (Å²) >= 11 is 0. The summed E-state index contributed by atoms with van der Waals surface area (Å²) in [6.07, 6.45) is 2.63. The van der Waals surface area contributed by atoms with Crippen molar-refractivity contribution in [3.63, 3.8) is 0 Å². The van der Waals surface area contributed by atoms with Crippen molar-refractivity contribution in [1.82, 2.24) is 0 Å². The van der Waals surface area contributed by atoms with Gasteiger partial charge in [0.2, 0.25) is 9.04 Å². The third-order valence-corrected chi connectivity index (χ3v) is 4.36. The quantitative estimate of drug-likeness (QED) is 0.657. The number of hydrogen-bond donors (Lipinski definition) is 0. The lowest BCUT2D eigenvalue weighted by molar-refractivity contribution is 0.169. The van der Waals surface area contributed by atoms with Gasteiger partial charge in [-0.1, -0.05) is 37.8 Å². The molecule has 0 heterocycles. The summed E-state index contributed by atoms with van der Waals surface area (Å²) in [5.74, 6) is 0. The van der Waals surface area contributed by atoms with Crippen LogP contribution in [0.25, 0.3) is 6.08 Å². The molecule has 0 atom stereocenters. The lowest BCUT2D eigenvalue weighted by atomic mass is 10.1. The number of ether oxygens (including phenoxy) is 1. The molecule has 1 radical (unpaired) electrons. The van der Waals surface area contributed by atoms with E-state index >= 15 is 0 Å². The maximum Gasteiger partial charge on any atom is 0.238 e. The maximum atomic E-state index is 5.92. The molecule has 0 spiro atoms. The molecule has 0 amide bonds. The van der Waals surface area contributed by atoms with Gasteiger partial charge in [0.05, 0.1) is 12.8 Å². The summed E-state index contributed by atoms with van der Waals surface area (Å²) in [5, 5.41) is 0. The summed E-state index contributed by atoms with van der Waals surface area (Å²) in [4.78, 5) is 0. The molecule has 17 heavy (non-hydrogen) atoms. The summed E-state index contributed by atoms with van der Waals surface area (Å²) in [7, 11) is -0.811. The summed E-state index contributed by atoms with van der Waals surface area (Å²) < 4.78 is 11.3. The first-order valence-corrected chi connectivity index (χ1v) is 7.89. The maximum absolute atomic E-state index is 5.92. The Bertz CT molecular complexity index is 339. The van der Waals surface area contributed by atoms with Gasteiger partial charge in [0.1, 0.15) is 0 Å². The van der Waals surface area contributed by atoms with Crippen LogP contribution in [0.1, 0.15) is 25.0 Å². The van der Waals surface area contributed by atoms with Gasteiger partial charge in [-0.05, 0) is 30.2 Å². The molecule has 0 fully saturated rings. The molecular weight excluding hydrogens is 228 g/mol. The Labute approximate surface area is 106 Å². The van der Waals surface area contributed by atoms with Gasteiger partial charge in [0.25, 0.3) is 0 Å². The molecule has 0 aromatic heterocycles. The van der Waals surface area contributed by atoms with Crippen molar-refractivity contribution in [2.75, 3.05) is 12.8 Å². The Morgan fingerprint density at radius 3 is 2.82 bits per heavy atom. The molecule has 0 saturated heterocycles. The fourth-order valence-corrected chi connectivity index (χ4v) is 2.75. The van der Waals surface area contributed by atoms with E-state index in [4.69, 9.17) is 9.16 Å². The van der Waals surface area contributed by atoms with Crippen LogP contribution in [0.3, 0.4) is 0 Å². The van der Waals surface area contributed by atoms with Gasteiger partial charge in [-0.2, -0.15) is 0 Å². The van der Waals surface area contributed by atoms with E-state index in [2.05, 4.69) is 25.6 Å². The monoisotopic (exact) mass is 249 g/mol. The zero-order valence-corrected chi connectivity index (χ0v) is 11.7. The topological polar surface area (TPSA) is 18.5 Å². The molecule has 0 saturated carbocycles. The van der Waals surface area contributed by atoms with Gasteiger partial charge in [0.15, 0.2) is 0 Å². The lowest BCUT2D eigenvalue weighted by Gasteiger charge is -2.13. The Hall–Kier alpha value is -0.903. The van der Waals surface area contributed by atoms with E-state index in [1.165, 1.54) is 5.56 Å². The highest BCUT2D eigenvalue weighted by Crippen LogP contribution is 2.09. The van der Waals surface area contributed by atoms with Crippen LogP contribution in [0.15, 0.2) is 30.8 Å². The predicted octanol–water partition coefficient (Wildman–Crippen LogP) is 3.43. The van der Waals surface area contributed by atoms with E-state index in [0.29, 0.717) is 6.61 Å². The minimum Gasteiger partial charge on any atom is -0.410 e. The molecule has 0 aliphatic carbocycles. The molecular formula is C14H21O2Si. The summed E-state index contributed by atoms with van der Waals surface area (Å²) in [6.45, 7) is 9.39. The van der Waals surface area contributed by atoms with Crippen LogP contribution in [0, 0.1) is 0 Å². The molecule has 93 valence electrons. The van der Waals surface area contributed by atoms with E-state index in [9.17, 15) is 0 Å². The van der Waals surface area contributed by atoms with Crippen molar-refractivity contribution in [3.8, 4) is 0 Å². The van der Waals surface area contributed by atoms with Crippen LogP contribution < -0.4 is 0 Å². The second kappa shape index (κ2) is 8.23. The van der Waals surface area contributed by atoms with Crippen LogP contribution in [0.5, 0.6) is 0 Å². The molecule has 1 rings (SSSR count). The highest BCUT2D eigenvalue weighted by molar-refractivity contribution is 6.51. The van der Waals surface area contributed by atoms with Crippen molar-refractivity contribution < 1.29 is 9.16 Å². The second-order valence-corrected chi connectivity index (χ2v) is 6.13. The number of rotatable bonds is 8. The molecule has 0 aliphatic heterocycles. The van der Waals surface area contributed by atoms with Crippen LogP contribution in [-0.2, 0) is 15.8 Å². The molecule has 3 heteroatoms. The van der Waals surface area contributed by atoms with Crippen molar-refractivity contribution in [1.29, 1.82) is 0 Å². The standard InChI is InChI=1S/C14H21O2Si/c1-4-13-8-7-9-14(10-13)11-16-17(6-3)12-15-5-2/h4,7-10H,1,5-6,11-12H2,2-3H3. The van der Waals surface area contributed by atoms with Gasteiger partial charge in [-0.15, -0.1) is 0 Å². The van der Waals surface area contributed by atoms with Gasteiger partial charge in [-0.25, -0.2) is 0 Å². The van der Waals surface area contributed by atoms with Gasteiger partial charge >= 0.3 is 0 Å². The van der Waals surface area contributed by atoms with Crippen molar-refractivity contribution >= 4 is 15.1 Å². The molecule has 1 aromatic rings. The van der Waals surface area contributed by atoms with Crippen LogP contribution in [0.4, 0.5) is 0 Å². The first-order valence-electron chi connectivity index (χ1n) is 6.06. The minimum atomic E-state index is -0.811. The van der Waals surface area contributed by atoms with Gasteiger partial charge in [-0.3, -0.25) is 0 Å². The fourth-order valence-electron chi connectivity index (χ4n) is 1.46. The molecule has 0 unspecified atom stereocenters. The third-order valence-electron chi connectivity index (χ3n) is 2.49. The Morgan fingerprint density at radius 2 is 2.18 bits per heavy atom. The van der Waals surface area contributed by atoms with E-state index in [1.807, 2.05) is 25.1 Å². The van der Waals surface area contributed by atoms with Crippen LogP contribution in [0.2, 0.25) is 6.04 Å². The van der Waals surface area contributed by atoms with Crippen LogP contribution in [-0.4, -0.2) is 21.9 Å². The molecule has 0 bridgehead atoms. The highest BCUT2D eigenvalue weighted by atomic mass is 28.3. The van der Waals surface area contributed by atoms with Crippen LogP contribution >= 0.6 is 0 Å². The van der Waals surface area contributed by atoms with E-state index < -0.39 is 9.04 Å². The number of hydrogen-bond acceptors (Lipinski definition) is 2. The van der Waals surface area contributed by atoms with Crippen molar-refractivity contribution in [2.45, 2.75) is 26.5 Å². The molecule has 2 nitrogen and oxygen atoms in total. The average Bonchev–Trinajstić information content (AvgIpc) is 2.39. The Morgan fingerprint density at radius 1 is 1.35 bits per heavy atom. The SMILES string of the molecule is C=Cc1cccc(CO[Si](CC)COCC)c1. The van der Waals surface area contributed by atoms with Gasteiger partial charge in [0, 0.05) is 6.61 Å². The average molecular weight is 249 g/mol. The zero-order chi connectivity index (χ0) is 12.5. The smallest absolute Gasteiger partial charge is 0.238 e. The zero-order valence-electron chi connectivity index (χ0n) is 10.7. The number of benzene rings is 1. The molecule has 0 aliphatic rings. The highest BCUT2D eigenvalue weighted by Gasteiger charge is 2.10. The summed E-state index contributed by atoms with van der Waals surface area (Å²) in [5.41, 5.74) is 2.34. The molecule has 0 N–H and O–H groups in total. The first-order chi connectivity index (χ1) is 8.30. The predicted molar refractivity (Wildman–Crippen MR) is 74.1 cm³/mol. The van der Waals surface area contributed by atoms with E-state index in [-0.39, 0.29) is 0 Å². The third kappa shape index (κ3) is 5.30. The largest absolute Gasteiger partial charge is 0.410 e. The van der Waals surface area contributed by atoms with Crippen molar-refractivity contribution in [3.05, 3.63) is 42.0 Å². The lowest BCUT2D eigenvalue weighted by Crippen LogP contribution is -2.24.